The molecule has 0 aliphatic heterocycles. The van der Waals surface area contributed by atoms with Crippen LogP contribution in [0.1, 0.15) is 11.1 Å². The molecular weight excluding hydrogens is 299 g/mol. The summed E-state index contributed by atoms with van der Waals surface area (Å²) in [5.41, 5.74) is 0.346. The van der Waals surface area contributed by atoms with Crippen molar-refractivity contribution in [3.63, 3.8) is 0 Å². The maximum Gasteiger partial charge on any atom is 0.271 e. The fourth-order valence-corrected chi connectivity index (χ4v) is 1.86. The molecule has 0 atom stereocenters. The predicted octanol–water partition coefficient (Wildman–Crippen LogP) is 3.84. The van der Waals surface area contributed by atoms with Gasteiger partial charge in [0.15, 0.2) is 0 Å². The minimum Gasteiger partial charge on any atom is -0.487 e. The number of nitriles is 1. The number of hydrogen-bond donors (Lipinski definition) is 0. The molecule has 0 saturated carbocycles. The lowest BCUT2D eigenvalue weighted by Gasteiger charge is -2.09. The van der Waals surface area contributed by atoms with Crippen molar-refractivity contribution in [1.82, 2.24) is 0 Å². The lowest BCUT2D eigenvalue weighted by Crippen LogP contribution is -2.00. The van der Waals surface area contributed by atoms with Gasteiger partial charge in [-0.3, -0.25) is 10.1 Å². The first kappa shape index (κ1) is 14.8. The zero-order valence-electron chi connectivity index (χ0n) is 10.5. The van der Waals surface area contributed by atoms with Crippen LogP contribution >= 0.6 is 11.6 Å². The standard InChI is InChI=1S/C14H8ClFN2O3/c15-12-6-11(18(19)20)2-4-14(12)21-8-10-5-9(7-17)1-3-13(10)16/h1-6H,8H2. The summed E-state index contributed by atoms with van der Waals surface area (Å²) in [7, 11) is 0. The lowest BCUT2D eigenvalue weighted by atomic mass is 10.1. The van der Waals surface area contributed by atoms with Crippen molar-refractivity contribution in [3.05, 3.63) is 68.5 Å². The molecule has 0 radical (unpaired) electrons. The van der Waals surface area contributed by atoms with E-state index in [2.05, 4.69) is 0 Å². The molecule has 2 aromatic rings. The first-order chi connectivity index (χ1) is 10.0. The molecule has 0 aliphatic carbocycles. The van der Waals surface area contributed by atoms with Crippen molar-refractivity contribution in [3.8, 4) is 11.8 Å². The third-order valence-corrected chi connectivity index (χ3v) is 2.98. The van der Waals surface area contributed by atoms with Gasteiger partial charge in [-0.05, 0) is 24.3 Å². The Balaban J connectivity index is 2.17. The van der Waals surface area contributed by atoms with Gasteiger partial charge in [0.25, 0.3) is 5.69 Å². The number of rotatable bonds is 4. The second kappa shape index (κ2) is 6.20. The van der Waals surface area contributed by atoms with E-state index in [9.17, 15) is 14.5 Å². The van der Waals surface area contributed by atoms with Crippen molar-refractivity contribution >= 4 is 17.3 Å². The van der Waals surface area contributed by atoms with Gasteiger partial charge in [0.05, 0.1) is 21.6 Å². The highest BCUT2D eigenvalue weighted by atomic mass is 35.5. The minimum absolute atomic E-state index is 0.0565. The van der Waals surface area contributed by atoms with Crippen molar-refractivity contribution in [2.45, 2.75) is 6.61 Å². The van der Waals surface area contributed by atoms with Crippen LogP contribution in [0.15, 0.2) is 36.4 Å². The fraction of sp³-hybridized carbons (Fsp3) is 0.0714. The Morgan fingerprint density at radius 3 is 2.71 bits per heavy atom. The molecule has 0 unspecified atom stereocenters. The van der Waals surface area contributed by atoms with Gasteiger partial charge in [-0.15, -0.1) is 0 Å². The number of non-ortho nitro benzene ring substituents is 1. The number of hydrogen-bond acceptors (Lipinski definition) is 4. The zero-order valence-corrected chi connectivity index (χ0v) is 11.3. The van der Waals surface area contributed by atoms with E-state index >= 15 is 0 Å². The maximum atomic E-state index is 13.6. The predicted molar refractivity (Wildman–Crippen MR) is 73.6 cm³/mol. The largest absolute Gasteiger partial charge is 0.487 e. The Bertz CT molecular complexity index is 743. The summed E-state index contributed by atoms with van der Waals surface area (Å²) in [5, 5.41) is 19.4. The molecule has 0 fully saturated rings. The molecule has 0 heterocycles. The molecule has 0 bridgehead atoms. The van der Waals surface area contributed by atoms with Crippen LogP contribution in [0.5, 0.6) is 5.75 Å². The van der Waals surface area contributed by atoms with Gasteiger partial charge < -0.3 is 4.74 Å². The Morgan fingerprint density at radius 1 is 1.33 bits per heavy atom. The molecule has 0 saturated heterocycles. The van der Waals surface area contributed by atoms with Crippen LogP contribution in [0.4, 0.5) is 10.1 Å². The van der Waals surface area contributed by atoms with Gasteiger partial charge in [0.2, 0.25) is 0 Å². The number of ether oxygens (including phenoxy) is 1. The third kappa shape index (κ3) is 3.46. The number of nitrogens with zero attached hydrogens (tertiary/aromatic N) is 2. The van der Waals surface area contributed by atoms with Gasteiger partial charge in [-0.2, -0.15) is 5.26 Å². The van der Waals surface area contributed by atoms with E-state index in [0.717, 1.165) is 6.07 Å². The molecule has 106 valence electrons. The highest BCUT2D eigenvalue weighted by Crippen LogP contribution is 2.29. The summed E-state index contributed by atoms with van der Waals surface area (Å²) in [6, 6.07) is 9.54. The van der Waals surface area contributed by atoms with E-state index in [1.165, 1.54) is 30.3 Å². The average molecular weight is 307 g/mol. The number of benzene rings is 2. The van der Waals surface area contributed by atoms with E-state index in [-0.39, 0.29) is 28.6 Å². The average Bonchev–Trinajstić information content (AvgIpc) is 2.47. The van der Waals surface area contributed by atoms with Crippen molar-refractivity contribution in [2.75, 3.05) is 0 Å². The Labute approximate surface area is 124 Å². The monoisotopic (exact) mass is 306 g/mol. The fourth-order valence-electron chi connectivity index (χ4n) is 1.63. The van der Waals surface area contributed by atoms with Crippen molar-refractivity contribution < 1.29 is 14.1 Å². The molecule has 21 heavy (non-hydrogen) atoms. The first-order valence-corrected chi connectivity index (χ1v) is 6.14. The number of nitro groups is 1. The van der Waals surface area contributed by atoms with Crippen LogP contribution in [-0.2, 0) is 6.61 Å². The lowest BCUT2D eigenvalue weighted by molar-refractivity contribution is -0.384. The summed E-state index contributed by atoms with van der Waals surface area (Å²) in [6.07, 6.45) is 0. The first-order valence-electron chi connectivity index (χ1n) is 5.76. The topological polar surface area (TPSA) is 76.2 Å². The zero-order chi connectivity index (χ0) is 15.4. The van der Waals surface area contributed by atoms with Gasteiger partial charge >= 0.3 is 0 Å². The summed E-state index contributed by atoms with van der Waals surface area (Å²) < 4.78 is 18.9. The molecule has 5 nitrogen and oxygen atoms in total. The van der Waals surface area contributed by atoms with Crippen molar-refractivity contribution in [1.29, 1.82) is 5.26 Å². The summed E-state index contributed by atoms with van der Waals surface area (Å²) >= 11 is 5.86. The molecule has 2 aromatic carbocycles. The molecule has 0 N–H and O–H groups in total. The molecule has 7 heteroatoms. The van der Waals surface area contributed by atoms with E-state index in [0.29, 0.717) is 5.56 Å². The van der Waals surface area contributed by atoms with Crippen LogP contribution in [0.25, 0.3) is 0 Å². The van der Waals surface area contributed by atoms with Crippen LogP contribution in [0.3, 0.4) is 0 Å². The van der Waals surface area contributed by atoms with Crippen LogP contribution in [0.2, 0.25) is 5.02 Å². The summed E-state index contributed by atoms with van der Waals surface area (Å²) in [4.78, 5) is 10.0. The van der Waals surface area contributed by atoms with Crippen molar-refractivity contribution in [2.24, 2.45) is 0 Å². The van der Waals surface area contributed by atoms with Crippen LogP contribution in [-0.4, -0.2) is 4.92 Å². The van der Waals surface area contributed by atoms with E-state index in [1.54, 1.807) is 0 Å². The molecule has 0 aliphatic rings. The Morgan fingerprint density at radius 2 is 2.10 bits per heavy atom. The second-order valence-electron chi connectivity index (χ2n) is 4.08. The van der Waals surface area contributed by atoms with E-state index in [4.69, 9.17) is 21.6 Å². The van der Waals surface area contributed by atoms with Gasteiger partial charge in [-0.1, -0.05) is 11.6 Å². The van der Waals surface area contributed by atoms with Crippen LogP contribution < -0.4 is 4.74 Å². The highest BCUT2D eigenvalue weighted by Gasteiger charge is 2.11. The SMILES string of the molecule is N#Cc1ccc(F)c(COc2ccc([N+](=O)[O-])cc2Cl)c1. The Kier molecular flexibility index (Phi) is 4.36. The van der Waals surface area contributed by atoms with Gasteiger partial charge in [-0.25, -0.2) is 4.39 Å². The van der Waals surface area contributed by atoms with Gasteiger partial charge in [0, 0.05) is 17.7 Å². The van der Waals surface area contributed by atoms with Crippen LogP contribution in [0, 0.1) is 27.3 Å². The molecule has 0 amide bonds. The van der Waals surface area contributed by atoms with E-state index < -0.39 is 10.7 Å². The smallest absolute Gasteiger partial charge is 0.271 e. The minimum atomic E-state index is -0.578. The summed E-state index contributed by atoms with van der Waals surface area (Å²) in [5.74, 6) is -0.309. The second-order valence-corrected chi connectivity index (χ2v) is 4.49. The van der Waals surface area contributed by atoms with Gasteiger partial charge in [0.1, 0.15) is 18.2 Å². The number of nitro benzene ring substituents is 1. The molecule has 2 rings (SSSR count). The third-order valence-electron chi connectivity index (χ3n) is 2.68. The molecule has 0 spiro atoms. The quantitative estimate of drug-likeness (QED) is 0.635. The maximum absolute atomic E-state index is 13.6. The summed E-state index contributed by atoms with van der Waals surface area (Å²) in [6.45, 7) is -0.140. The molecule has 0 aromatic heterocycles. The normalized spacial score (nSPS) is 9.95. The molecular formula is C14H8ClFN2O3. The van der Waals surface area contributed by atoms with E-state index in [1.807, 2.05) is 6.07 Å². The highest BCUT2D eigenvalue weighted by molar-refractivity contribution is 6.32. The number of halogens is 2. The Hall–Kier alpha value is -2.65.